The Bertz CT molecular complexity index is 3860. The van der Waals surface area contributed by atoms with Crippen molar-refractivity contribution in [3.8, 4) is 45.0 Å². The molecule has 89 heavy (non-hydrogen) atoms. The summed E-state index contributed by atoms with van der Waals surface area (Å²) in [6.07, 6.45) is -6.22. The zero-order valence-electron chi connectivity index (χ0n) is 50.7. The number of carbonyl (C=O) groups is 4. The van der Waals surface area contributed by atoms with Gasteiger partial charge in [0.15, 0.2) is 0 Å². The van der Waals surface area contributed by atoms with E-state index in [1.165, 1.54) is 36.3 Å². The molecule has 8 aromatic heterocycles. The quantitative estimate of drug-likeness (QED) is 0.0626. The number of H-pyrrole nitrogens is 2. The van der Waals surface area contributed by atoms with E-state index in [0.29, 0.717) is 80.1 Å². The summed E-state index contributed by atoms with van der Waals surface area (Å²) < 4.78 is 106. The Morgan fingerprint density at radius 2 is 1.01 bits per heavy atom. The van der Waals surface area contributed by atoms with Gasteiger partial charge in [-0.1, -0.05) is 10.3 Å². The lowest BCUT2D eigenvalue weighted by molar-refractivity contribution is -0.143. The summed E-state index contributed by atoms with van der Waals surface area (Å²) in [4.78, 5) is 84.1. The summed E-state index contributed by atoms with van der Waals surface area (Å²) >= 11 is 0. The van der Waals surface area contributed by atoms with Gasteiger partial charge in [-0.2, -0.15) is 26.3 Å². The number of nitrogens with two attached hydrogens (primary N) is 1. The standard InChI is InChI=1S/C29H33F3N8O4.C28H30F3N7O5.CH5N/c1-14-22(15(2)44-39-14)21-8-7-18-19(10-34-24(18)37-21)23-20(29(30,31)32)11-35-26(38-23)36-17-9-16(25(41)33-6)12-40(13-17)27(42)43-28(3,4)5;1-13-21(14(2)43-37-13)20-7-6-17-18(9-32-23(17)35-20)22-19(28(29,30)31)10-33-25(36-22)34-16-8-15(24(39)40)11-38(12-16)26(41)42-27(3,4)5;1-2/h7-8,10-11,16-17H,9,12-13H2,1-6H3,(H,33,41)(H,34,37)(H,35,36,38);6-7,9-10,15-16H,8,11-12H2,1-5H3,(H,32,35)(H,39,40)(H,33,34,36);2H2,1H3/t16-,17+;15-,16+;/m11./s1. The van der Waals surface area contributed by atoms with Crippen LogP contribution in [0.2, 0.25) is 0 Å². The lowest BCUT2D eigenvalue weighted by atomic mass is 9.93. The van der Waals surface area contributed by atoms with Crippen molar-refractivity contribution in [2.24, 2.45) is 17.6 Å². The van der Waals surface area contributed by atoms with Crippen molar-refractivity contribution in [3.63, 3.8) is 0 Å². The Kier molecular flexibility index (Phi) is 19.0. The average molecular weight is 1250 g/mol. The van der Waals surface area contributed by atoms with Crippen molar-refractivity contribution < 1.29 is 69.1 Å². The predicted molar refractivity (Wildman–Crippen MR) is 313 cm³/mol. The van der Waals surface area contributed by atoms with Crippen molar-refractivity contribution in [3.05, 3.63) is 83.1 Å². The van der Waals surface area contributed by atoms with Crippen LogP contribution in [-0.4, -0.2) is 153 Å². The first-order valence-corrected chi connectivity index (χ1v) is 28.0. The Morgan fingerprint density at radius 1 is 0.618 bits per heavy atom. The number of carboxylic acid groups (broad SMARTS) is 1. The highest BCUT2D eigenvalue weighted by atomic mass is 19.4. The number of anilines is 2. The molecule has 0 aliphatic carbocycles. The van der Waals surface area contributed by atoms with E-state index in [2.05, 4.69) is 71.9 Å². The molecule has 10 rings (SSSR count). The van der Waals surface area contributed by atoms with Crippen LogP contribution in [0, 0.1) is 39.5 Å². The maximum atomic E-state index is 14.2. The van der Waals surface area contributed by atoms with Crippen LogP contribution < -0.4 is 21.7 Å². The van der Waals surface area contributed by atoms with Crippen molar-refractivity contribution >= 4 is 58.0 Å². The van der Waals surface area contributed by atoms with Crippen LogP contribution in [0.4, 0.5) is 47.8 Å². The summed E-state index contributed by atoms with van der Waals surface area (Å²) in [5.41, 5.74) is 4.88. The molecular formula is C58H68F6N16O9. The average Bonchev–Trinajstić information content (AvgIpc) is 1.87. The number of alkyl halides is 6. The van der Waals surface area contributed by atoms with E-state index in [-0.39, 0.29) is 67.2 Å². The first-order chi connectivity index (χ1) is 41.7. The minimum absolute atomic E-state index is 0.0416. The molecule has 2 aliphatic rings. The molecule has 476 valence electrons. The van der Waals surface area contributed by atoms with E-state index >= 15 is 0 Å². The number of aryl methyl sites for hydroxylation is 4. The van der Waals surface area contributed by atoms with Crippen LogP contribution in [0.3, 0.4) is 0 Å². The molecule has 10 heterocycles. The van der Waals surface area contributed by atoms with Crippen molar-refractivity contribution in [2.75, 3.05) is 50.9 Å². The van der Waals surface area contributed by atoms with Gasteiger partial charge < -0.3 is 65.1 Å². The number of amides is 3. The fourth-order valence-corrected chi connectivity index (χ4v) is 10.4. The molecule has 4 atom stereocenters. The third-order valence-electron chi connectivity index (χ3n) is 14.2. The number of carbonyl (C=O) groups excluding carboxylic acids is 3. The molecule has 8 aromatic rings. The van der Waals surface area contributed by atoms with Crippen molar-refractivity contribution in [2.45, 2.75) is 118 Å². The van der Waals surface area contributed by atoms with Gasteiger partial charge >= 0.3 is 30.5 Å². The van der Waals surface area contributed by atoms with Crippen LogP contribution in [0.5, 0.6) is 0 Å². The third-order valence-corrected chi connectivity index (χ3v) is 14.2. The molecule has 0 saturated carbocycles. The lowest BCUT2D eigenvalue weighted by Crippen LogP contribution is -2.53. The molecule has 0 bridgehead atoms. The number of fused-ring (bicyclic) bond motifs is 2. The molecule has 25 nitrogen and oxygen atoms in total. The fraction of sp³-hybridized carbons (Fsp3) is 0.448. The number of carboxylic acids is 1. The number of hydrogen-bond donors (Lipinski definition) is 7. The summed E-state index contributed by atoms with van der Waals surface area (Å²) in [5, 5.41) is 26.9. The molecular weight excluding hydrogens is 1180 g/mol. The molecule has 2 saturated heterocycles. The number of ether oxygens (including phenoxy) is 2. The first-order valence-electron chi connectivity index (χ1n) is 28.0. The summed E-state index contributed by atoms with van der Waals surface area (Å²) in [7, 11) is 3.00. The number of pyridine rings is 2. The predicted octanol–water partition coefficient (Wildman–Crippen LogP) is 10.1. The normalized spacial score (nSPS) is 17.3. The van der Waals surface area contributed by atoms with Crippen LogP contribution >= 0.6 is 0 Å². The number of halogens is 6. The van der Waals surface area contributed by atoms with E-state index in [0.717, 1.165) is 6.20 Å². The largest absolute Gasteiger partial charge is 0.481 e. The van der Waals surface area contributed by atoms with E-state index in [1.807, 2.05) is 0 Å². The maximum Gasteiger partial charge on any atom is 0.419 e. The van der Waals surface area contributed by atoms with Crippen LogP contribution in [0.15, 0.2) is 58.1 Å². The number of aromatic amines is 2. The molecule has 0 radical (unpaired) electrons. The van der Waals surface area contributed by atoms with Gasteiger partial charge in [-0.25, -0.2) is 39.5 Å². The van der Waals surface area contributed by atoms with E-state index in [4.69, 9.17) is 18.5 Å². The monoisotopic (exact) mass is 1250 g/mol. The topological polar surface area (TPSA) is 337 Å². The van der Waals surface area contributed by atoms with Crippen LogP contribution in [0.25, 0.3) is 67.1 Å². The number of aliphatic carboxylic acids is 1. The number of nitrogens with zero attached hydrogens (tertiary/aromatic N) is 10. The second-order valence-corrected chi connectivity index (χ2v) is 23.2. The second-order valence-electron chi connectivity index (χ2n) is 23.2. The van der Waals surface area contributed by atoms with Crippen LogP contribution in [0.1, 0.15) is 88.4 Å². The Balaban J connectivity index is 0.000000224. The summed E-state index contributed by atoms with van der Waals surface area (Å²) in [6.45, 7) is 17.5. The van der Waals surface area contributed by atoms with E-state index < -0.39 is 82.5 Å². The van der Waals surface area contributed by atoms with Gasteiger partial charge in [-0.3, -0.25) is 9.59 Å². The minimum Gasteiger partial charge on any atom is -0.481 e. The van der Waals surface area contributed by atoms with E-state index in [1.54, 1.807) is 93.5 Å². The molecule has 31 heteroatoms. The van der Waals surface area contributed by atoms with Gasteiger partial charge in [0.1, 0.15) is 45.1 Å². The highest BCUT2D eigenvalue weighted by molar-refractivity contribution is 5.96. The number of piperidine rings is 2. The number of aromatic nitrogens is 10. The molecule has 8 N–H and O–H groups in total. The Morgan fingerprint density at radius 3 is 1.36 bits per heavy atom. The van der Waals surface area contributed by atoms with Crippen molar-refractivity contribution in [1.82, 2.24) is 65.3 Å². The zero-order valence-corrected chi connectivity index (χ0v) is 50.7. The Hall–Kier alpha value is -9.42. The van der Waals surface area contributed by atoms with E-state index in [9.17, 15) is 50.6 Å². The van der Waals surface area contributed by atoms with Gasteiger partial charge in [-0.15, -0.1) is 0 Å². The van der Waals surface area contributed by atoms with Gasteiger partial charge in [0.2, 0.25) is 17.8 Å². The maximum absolute atomic E-state index is 14.2. The third kappa shape index (κ3) is 15.1. The van der Waals surface area contributed by atoms with Gasteiger partial charge in [0.05, 0.1) is 57.1 Å². The number of likely N-dealkylation sites (tertiary alicyclic amines) is 2. The highest BCUT2D eigenvalue weighted by Gasteiger charge is 2.41. The molecule has 0 aromatic carbocycles. The van der Waals surface area contributed by atoms with Gasteiger partial charge in [0.25, 0.3) is 0 Å². The lowest BCUT2D eigenvalue weighted by Gasteiger charge is -2.38. The number of rotatable bonds is 10. The second kappa shape index (κ2) is 25.7. The molecule has 2 fully saturated rings. The summed E-state index contributed by atoms with van der Waals surface area (Å²) in [5.74, 6) is -2.03. The van der Waals surface area contributed by atoms with Crippen molar-refractivity contribution in [1.29, 1.82) is 0 Å². The summed E-state index contributed by atoms with van der Waals surface area (Å²) in [6, 6.07) is 5.44. The molecule has 0 spiro atoms. The Labute approximate surface area is 505 Å². The van der Waals surface area contributed by atoms with Crippen LogP contribution in [-0.2, 0) is 31.4 Å². The molecule has 2 aliphatic heterocycles. The molecule has 3 amide bonds. The smallest absolute Gasteiger partial charge is 0.419 e. The highest BCUT2D eigenvalue weighted by Crippen LogP contribution is 2.42. The number of nitrogens with one attached hydrogen (secondary N) is 5. The minimum atomic E-state index is -4.77. The van der Waals surface area contributed by atoms with Gasteiger partial charge in [-0.05, 0) is 113 Å². The first kappa shape index (κ1) is 65.6. The number of hydrogen-bond acceptors (Lipinski definition) is 19. The SMILES string of the molecule is CN.CNC(=O)[C@@H]1C[C@H](Nc2ncc(C(F)(F)F)c(-c3c[nH]c4nc(-c5c(C)noc5C)ccc34)n2)CN(C(=O)OC(C)(C)C)C1.Cc1noc(C)c1-c1ccc2c(-c3nc(N[C@H]4C[C@@H](C(=O)O)CN(C(=O)OC(C)(C)C)C4)ncc3C(F)(F)F)c[nH]c2n1. The fourth-order valence-electron chi connectivity index (χ4n) is 10.4. The van der Waals surface area contributed by atoms with Gasteiger partial charge in [0, 0.05) is 92.0 Å². The molecule has 0 unspecified atom stereocenters. The zero-order chi connectivity index (χ0) is 65.2.